The van der Waals surface area contributed by atoms with Crippen LogP contribution in [-0.2, 0) is 30.8 Å². The summed E-state index contributed by atoms with van der Waals surface area (Å²) < 4.78 is 25.3. The fraction of sp³-hybridized carbons (Fsp3) is 0. The topological polar surface area (TPSA) is 63.2 Å². The molecule has 0 unspecified atom stereocenters. The number of hydrogen-bond donors (Lipinski definition) is 0. The Morgan fingerprint density at radius 3 is 1.33 bits per heavy atom. The molecule has 0 aliphatic rings. The summed E-state index contributed by atoms with van der Waals surface area (Å²) >= 11 is -3.11. The predicted molar refractivity (Wildman–Crippen MR) is 16.1 cm³/mol. The van der Waals surface area contributed by atoms with Crippen molar-refractivity contribution in [2.45, 2.75) is 0 Å². The molecule has 0 rings (SSSR count). The minimum atomic E-state index is -3.11. The Morgan fingerprint density at radius 1 is 1.33 bits per heavy atom. The maximum Gasteiger partial charge on any atom is 2.00 e. The van der Waals surface area contributed by atoms with Gasteiger partial charge < -0.3 is 16.5 Å². The van der Waals surface area contributed by atoms with Crippen LogP contribution in [0.25, 0.3) is 0 Å². The van der Waals surface area contributed by atoms with E-state index in [1.165, 1.54) is 0 Å². The number of hydrogen-bond acceptors (Lipinski definition) is 3. The van der Waals surface area contributed by atoms with Crippen molar-refractivity contribution < 1.29 is 32.8 Å². The van der Waals surface area contributed by atoms with Crippen LogP contribution in [0.1, 0.15) is 0 Å². The summed E-state index contributed by atoms with van der Waals surface area (Å²) in [6, 6.07) is 0. The van der Waals surface area contributed by atoms with Crippen LogP contribution in [0.15, 0.2) is 0 Å². The van der Waals surface area contributed by atoms with Gasteiger partial charge in [0.1, 0.15) is 0 Å². The fourth-order valence-electron chi connectivity index (χ4n) is 0. The maximum absolute atomic E-state index is 8.44. The van der Waals surface area contributed by atoms with Crippen molar-refractivity contribution in [3.63, 3.8) is 0 Å². The van der Waals surface area contributed by atoms with Gasteiger partial charge in [0.2, 0.25) is 0 Å². The van der Waals surface area contributed by atoms with Gasteiger partial charge in [0.15, 0.2) is 0 Å². The second-order valence-corrected chi connectivity index (χ2v) is 0.612. The summed E-state index contributed by atoms with van der Waals surface area (Å²) in [5.41, 5.74) is 0. The Bertz CT molecular complexity index is 33.8. The average molecular weight is 160 g/mol. The van der Waals surface area contributed by atoms with E-state index in [1.807, 2.05) is 0 Å². The molecular formula is CH3O3SZn-. The molecule has 0 saturated carbocycles. The average Bonchev–Trinajstić information content (AvgIpc) is 0.811. The summed E-state index contributed by atoms with van der Waals surface area (Å²) in [6.07, 6.45) is 0. The Kier molecular flexibility index (Phi) is 24.4. The van der Waals surface area contributed by atoms with Crippen LogP contribution in [-0.4, -0.2) is 13.3 Å². The molecule has 0 spiro atoms. The zero-order chi connectivity index (χ0) is 3.58. The van der Waals surface area contributed by atoms with Gasteiger partial charge in [-0.15, -0.1) is 11.4 Å². The van der Waals surface area contributed by atoms with E-state index in [9.17, 15) is 0 Å². The van der Waals surface area contributed by atoms with E-state index in [0.29, 0.717) is 0 Å². The molecule has 0 amide bonds. The summed E-state index contributed by atoms with van der Waals surface area (Å²) in [5, 5.41) is 0. The molecule has 6 heavy (non-hydrogen) atoms. The van der Waals surface area contributed by atoms with Gasteiger partial charge in [-0.3, -0.25) is 4.21 Å². The minimum absolute atomic E-state index is 0. The first-order chi connectivity index (χ1) is 1.73. The molecule has 0 aromatic carbocycles. The van der Waals surface area contributed by atoms with E-state index in [4.69, 9.17) is 13.3 Å². The molecule has 0 saturated heterocycles. The predicted octanol–water partition coefficient (Wildman–Crippen LogP) is -0.556. The third-order valence-electron chi connectivity index (χ3n) is 0. The summed E-state index contributed by atoms with van der Waals surface area (Å²) in [4.78, 5) is 0. The summed E-state index contributed by atoms with van der Waals surface area (Å²) in [7, 11) is 0. The SMILES string of the molecule is O=S([O-])[O-].[CH3-].[Zn+2]. The standard InChI is InChI=1S/CH3.H2O3S.Zn/c;1-4(2)3;/h1H3;(H2,1,2,3);/q-1;;+2/p-2. The van der Waals surface area contributed by atoms with Crippen molar-refractivity contribution in [2.24, 2.45) is 0 Å². The Labute approximate surface area is 52.0 Å². The van der Waals surface area contributed by atoms with Crippen LogP contribution in [0.3, 0.4) is 0 Å². The molecular weight excluding hydrogens is 157 g/mol. The van der Waals surface area contributed by atoms with E-state index < -0.39 is 11.4 Å². The third-order valence-corrected chi connectivity index (χ3v) is 0. The normalized spacial score (nSPS) is 5.83. The molecule has 0 bridgehead atoms. The monoisotopic (exact) mass is 159 g/mol. The number of rotatable bonds is 0. The molecule has 0 aliphatic carbocycles. The maximum atomic E-state index is 8.44. The zero-order valence-corrected chi connectivity index (χ0v) is 7.12. The molecule has 0 radical (unpaired) electrons. The van der Waals surface area contributed by atoms with Gasteiger partial charge in [-0.1, -0.05) is 0 Å². The van der Waals surface area contributed by atoms with E-state index >= 15 is 0 Å². The Hall–Kier alpha value is 0.693. The van der Waals surface area contributed by atoms with Crippen LogP contribution in [0.5, 0.6) is 0 Å². The van der Waals surface area contributed by atoms with E-state index in [1.54, 1.807) is 0 Å². The summed E-state index contributed by atoms with van der Waals surface area (Å²) in [5.74, 6) is 0. The van der Waals surface area contributed by atoms with Gasteiger partial charge in [-0.05, 0) is 0 Å². The molecule has 0 heterocycles. The van der Waals surface area contributed by atoms with Crippen LogP contribution < -0.4 is 0 Å². The molecule has 0 N–H and O–H groups in total. The molecule has 0 atom stereocenters. The Morgan fingerprint density at radius 2 is 1.33 bits per heavy atom. The molecule has 0 aromatic heterocycles. The van der Waals surface area contributed by atoms with Gasteiger partial charge in [0.05, 0.1) is 0 Å². The smallest absolute Gasteiger partial charge is 0.784 e. The van der Waals surface area contributed by atoms with E-state index in [0.717, 1.165) is 0 Å². The zero-order valence-electron chi connectivity index (χ0n) is 3.34. The van der Waals surface area contributed by atoms with Gasteiger partial charge >= 0.3 is 19.5 Å². The van der Waals surface area contributed by atoms with Crippen molar-refractivity contribution >= 4 is 11.4 Å². The van der Waals surface area contributed by atoms with Crippen molar-refractivity contribution in [2.75, 3.05) is 0 Å². The second kappa shape index (κ2) is 9.19. The molecule has 3 nitrogen and oxygen atoms in total. The molecule has 34 valence electrons. The van der Waals surface area contributed by atoms with Gasteiger partial charge in [0, 0.05) is 0 Å². The second-order valence-electron chi connectivity index (χ2n) is 0.204. The van der Waals surface area contributed by atoms with Gasteiger partial charge in [-0.2, -0.15) is 0 Å². The molecule has 0 fully saturated rings. The largest absolute Gasteiger partial charge is 2.00 e. The van der Waals surface area contributed by atoms with Crippen molar-refractivity contribution in [3.8, 4) is 0 Å². The van der Waals surface area contributed by atoms with Crippen molar-refractivity contribution in [3.05, 3.63) is 7.43 Å². The quantitative estimate of drug-likeness (QED) is 0.271. The van der Waals surface area contributed by atoms with Crippen LogP contribution in [0.2, 0.25) is 0 Å². The van der Waals surface area contributed by atoms with E-state index in [-0.39, 0.29) is 26.9 Å². The fourth-order valence-corrected chi connectivity index (χ4v) is 0. The molecule has 5 heteroatoms. The van der Waals surface area contributed by atoms with Gasteiger partial charge in [0.25, 0.3) is 0 Å². The van der Waals surface area contributed by atoms with Crippen LogP contribution in [0.4, 0.5) is 0 Å². The van der Waals surface area contributed by atoms with Crippen molar-refractivity contribution in [1.82, 2.24) is 0 Å². The third kappa shape index (κ3) is 133. The molecule has 0 aliphatic heterocycles. The molecule has 0 aromatic rings. The first-order valence-corrected chi connectivity index (χ1v) is 1.50. The van der Waals surface area contributed by atoms with Crippen LogP contribution >= 0.6 is 0 Å². The Balaban J connectivity index is -0.0000000450. The minimum Gasteiger partial charge on any atom is -0.784 e. The summed E-state index contributed by atoms with van der Waals surface area (Å²) in [6.45, 7) is 0. The van der Waals surface area contributed by atoms with Gasteiger partial charge in [-0.25, -0.2) is 0 Å². The van der Waals surface area contributed by atoms with Crippen molar-refractivity contribution in [1.29, 1.82) is 0 Å². The first kappa shape index (κ1) is 15.9. The van der Waals surface area contributed by atoms with Crippen LogP contribution in [0, 0.1) is 7.43 Å². The van der Waals surface area contributed by atoms with E-state index in [2.05, 4.69) is 0 Å². The first-order valence-electron chi connectivity index (χ1n) is 0.500.